The number of nitrogens with zero attached hydrogens (tertiary/aromatic N) is 3. The Labute approximate surface area is 154 Å². The molecule has 2 amide bonds. The lowest BCUT2D eigenvalue weighted by Gasteiger charge is -2.12. The molecule has 0 aliphatic carbocycles. The fraction of sp³-hybridized carbons (Fsp3) is 0.600. The van der Waals surface area contributed by atoms with Crippen molar-refractivity contribution in [2.45, 2.75) is 32.6 Å². The van der Waals surface area contributed by atoms with Gasteiger partial charge in [0.05, 0.1) is 19.4 Å². The standard InChI is InChI=1S/C14H20N4O4S.CH2O2/c1-3-4-10-16-17-14(23-10)18-8-9(7-11(18)19)13(21)15-6-5-12(20)22-2;2-1-3/h9H,3-8H2,1-2H3,(H,15,21);1H,(H,2,3). The summed E-state index contributed by atoms with van der Waals surface area (Å²) in [4.78, 5) is 45.1. The first kappa shape index (κ1) is 21.5. The van der Waals surface area contributed by atoms with Gasteiger partial charge >= 0.3 is 5.97 Å². The molecule has 1 unspecified atom stereocenters. The number of ether oxygens (including phenoxy) is 1. The molecule has 2 N–H and O–H groups in total. The lowest BCUT2D eigenvalue weighted by molar-refractivity contribution is -0.140. The van der Waals surface area contributed by atoms with Gasteiger partial charge in [-0.05, 0) is 6.42 Å². The van der Waals surface area contributed by atoms with E-state index >= 15 is 0 Å². The van der Waals surface area contributed by atoms with Crippen molar-refractivity contribution in [3.05, 3.63) is 5.01 Å². The van der Waals surface area contributed by atoms with Gasteiger partial charge < -0.3 is 15.2 Å². The summed E-state index contributed by atoms with van der Waals surface area (Å²) in [5.74, 6) is -1.18. The molecule has 1 fully saturated rings. The average molecular weight is 386 g/mol. The number of methoxy groups -OCH3 is 1. The summed E-state index contributed by atoms with van der Waals surface area (Å²) in [6, 6.07) is 0. The van der Waals surface area contributed by atoms with Crippen LogP contribution >= 0.6 is 11.3 Å². The van der Waals surface area contributed by atoms with Crippen molar-refractivity contribution in [2.75, 3.05) is 25.1 Å². The van der Waals surface area contributed by atoms with E-state index in [2.05, 4.69) is 27.2 Å². The number of rotatable bonds is 7. The van der Waals surface area contributed by atoms with E-state index in [1.807, 2.05) is 0 Å². The first-order valence-electron chi connectivity index (χ1n) is 8.01. The summed E-state index contributed by atoms with van der Waals surface area (Å²) in [5, 5.41) is 19.1. The molecule has 2 heterocycles. The Morgan fingerprint density at radius 3 is 2.77 bits per heavy atom. The number of amides is 2. The first-order valence-corrected chi connectivity index (χ1v) is 8.83. The van der Waals surface area contributed by atoms with Gasteiger partial charge in [0.2, 0.25) is 16.9 Å². The zero-order chi connectivity index (χ0) is 19.5. The van der Waals surface area contributed by atoms with Crippen LogP contribution in [0.3, 0.4) is 0 Å². The molecule has 1 saturated heterocycles. The highest BCUT2D eigenvalue weighted by Crippen LogP contribution is 2.28. The van der Waals surface area contributed by atoms with E-state index in [4.69, 9.17) is 9.90 Å². The van der Waals surface area contributed by atoms with Gasteiger partial charge in [-0.1, -0.05) is 18.3 Å². The third-order valence-corrected chi connectivity index (χ3v) is 4.51. The van der Waals surface area contributed by atoms with Crippen LogP contribution in [-0.4, -0.2) is 59.8 Å². The second kappa shape index (κ2) is 11.1. The Bertz CT molecular complexity index is 635. The minimum atomic E-state index is -0.432. The maximum atomic E-state index is 12.1. The van der Waals surface area contributed by atoms with Crippen LogP contribution < -0.4 is 10.2 Å². The Hall–Kier alpha value is -2.56. The molecule has 11 heteroatoms. The molecule has 144 valence electrons. The van der Waals surface area contributed by atoms with Gasteiger partial charge in [-0.3, -0.25) is 24.1 Å². The molecule has 1 atom stereocenters. The number of aromatic nitrogens is 2. The molecular formula is C15H22N4O6S. The summed E-state index contributed by atoms with van der Waals surface area (Å²) in [5.41, 5.74) is 0. The van der Waals surface area contributed by atoms with Crippen molar-refractivity contribution in [2.24, 2.45) is 5.92 Å². The molecule has 26 heavy (non-hydrogen) atoms. The molecule has 0 radical (unpaired) electrons. The highest BCUT2D eigenvalue weighted by molar-refractivity contribution is 7.15. The predicted octanol–water partition coefficient (Wildman–Crippen LogP) is 0.224. The van der Waals surface area contributed by atoms with Crippen LogP contribution in [0.2, 0.25) is 0 Å². The highest BCUT2D eigenvalue weighted by Gasteiger charge is 2.36. The summed E-state index contributed by atoms with van der Waals surface area (Å²) in [6.45, 7) is 2.30. The minimum Gasteiger partial charge on any atom is -0.483 e. The predicted molar refractivity (Wildman–Crippen MR) is 92.7 cm³/mol. The van der Waals surface area contributed by atoms with Gasteiger partial charge in [0.15, 0.2) is 0 Å². The maximum Gasteiger partial charge on any atom is 0.307 e. The van der Waals surface area contributed by atoms with Gasteiger partial charge in [0, 0.05) is 25.9 Å². The van der Waals surface area contributed by atoms with E-state index in [-0.39, 0.29) is 43.6 Å². The van der Waals surface area contributed by atoms with Crippen molar-refractivity contribution in [1.82, 2.24) is 15.5 Å². The van der Waals surface area contributed by atoms with Crippen molar-refractivity contribution in [3.8, 4) is 0 Å². The average Bonchev–Trinajstić information content (AvgIpc) is 3.22. The van der Waals surface area contributed by atoms with E-state index in [9.17, 15) is 14.4 Å². The molecule has 2 rings (SSSR count). The van der Waals surface area contributed by atoms with Gasteiger partial charge in [-0.2, -0.15) is 0 Å². The van der Waals surface area contributed by atoms with Crippen molar-refractivity contribution in [3.63, 3.8) is 0 Å². The molecule has 10 nitrogen and oxygen atoms in total. The Balaban J connectivity index is 0.00000105. The number of carboxylic acid groups (broad SMARTS) is 1. The van der Waals surface area contributed by atoms with Crippen molar-refractivity contribution < 1.29 is 29.0 Å². The summed E-state index contributed by atoms with van der Waals surface area (Å²) >= 11 is 1.39. The third-order valence-electron chi connectivity index (χ3n) is 3.50. The number of hydrogen-bond acceptors (Lipinski definition) is 8. The molecule has 0 aromatic carbocycles. The number of anilines is 1. The number of esters is 1. The van der Waals surface area contributed by atoms with Crippen LogP contribution in [0, 0.1) is 5.92 Å². The van der Waals surface area contributed by atoms with Gasteiger partial charge in [-0.15, -0.1) is 10.2 Å². The molecule has 0 bridgehead atoms. The van der Waals surface area contributed by atoms with Crippen molar-refractivity contribution in [1.29, 1.82) is 0 Å². The Morgan fingerprint density at radius 2 is 2.15 bits per heavy atom. The number of aryl methyl sites for hydroxylation is 1. The molecule has 1 aromatic rings. The van der Waals surface area contributed by atoms with Crippen molar-refractivity contribution >= 4 is 40.7 Å². The first-order chi connectivity index (χ1) is 12.5. The monoisotopic (exact) mass is 386 g/mol. The zero-order valence-corrected chi connectivity index (χ0v) is 15.5. The number of carbonyl (C=O) groups excluding carboxylic acids is 3. The zero-order valence-electron chi connectivity index (χ0n) is 14.6. The number of hydrogen-bond donors (Lipinski definition) is 2. The summed E-state index contributed by atoms with van der Waals surface area (Å²) in [7, 11) is 1.30. The van der Waals surface area contributed by atoms with E-state index in [1.165, 1.54) is 23.3 Å². The lowest BCUT2D eigenvalue weighted by atomic mass is 10.1. The quantitative estimate of drug-likeness (QED) is 0.501. The molecule has 1 aromatic heterocycles. The summed E-state index contributed by atoms with van der Waals surface area (Å²) < 4.78 is 4.51. The smallest absolute Gasteiger partial charge is 0.307 e. The topological polar surface area (TPSA) is 139 Å². The molecule has 1 aliphatic heterocycles. The van der Waals surface area contributed by atoms with E-state index < -0.39 is 5.92 Å². The highest BCUT2D eigenvalue weighted by atomic mass is 32.1. The van der Waals surface area contributed by atoms with Crippen LogP contribution in [0.25, 0.3) is 0 Å². The van der Waals surface area contributed by atoms with Crippen LogP contribution in [0.1, 0.15) is 31.2 Å². The normalized spacial score (nSPS) is 15.8. The molecular weight excluding hydrogens is 364 g/mol. The van der Waals surface area contributed by atoms with Crippen LogP contribution in [0.4, 0.5) is 5.13 Å². The van der Waals surface area contributed by atoms with Gasteiger partial charge in [0.25, 0.3) is 6.47 Å². The second-order valence-electron chi connectivity index (χ2n) is 5.36. The third kappa shape index (κ3) is 6.39. The molecule has 0 spiro atoms. The molecule has 1 aliphatic rings. The lowest BCUT2D eigenvalue weighted by Crippen LogP contribution is -2.34. The Kier molecular flexibility index (Phi) is 9.20. The number of carbonyl (C=O) groups is 4. The fourth-order valence-corrected chi connectivity index (χ4v) is 3.24. The van der Waals surface area contributed by atoms with Gasteiger partial charge in [0.1, 0.15) is 5.01 Å². The van der Waals surface area contributed by atoms with Crippen LogP contribution in [0.15, 0.2) is 0 Å². The maximum absolute atomic E-state index is 12.1. The Morgan fingerprint density at radius 1 is 1.46 bits per heavy atom. The van der Waals surface area contributed by atoms with E-state index in [0.717, 1.165) is 17.8 Å². The van der Waals surface area contributed by atoms with Crippen LogP contribution in [0.5, 0.6) is 0 Å². The largest absolute Gasteiger partial charge is 0.483 e. The SMILES string of the molecule is CCCc1nnc(N2CC(C(=O)NCCC(=O)OC)CC2=O)s1.O=CO. The van der Waals surface area contributed by atoms with E-state index in [1.54, 1.807) is 0 Å². The van der Waals surface area contributed by atoms with Crippen LogP contribution in [-0.2, 0) is 30.3 Å². The second-order valence-corrected chi connectivity index (χ2v) is 6.40. The van der Waals surface area contributed by atoms with E-state index in [0.29, 0.717) is 11.7 Å². The number of nitrogens with one attached hydrogen (secondary N) is 1. The van der Waals surface area contributed by atoms with Gasteiger partial charge in [-0.25, -0.2) is 0 Å². The fourth-order valence-electron chi connectivity index (χ4n) is 2.27. The summed E-state index contributed by atoms with van der Waals surface area (Å²) in [6.07, 6.45) is 2.06. The minimum absolute atomic E-state index is 0.114. The molecule has 0 saturated carbocycles.